The van der Waals surface area contributed by atoms with E-state index in [2.05, 4.69) is 4.72 Å². The van der Waals surface area contributed by atoms with Gasteiger partial charge in [0.25, 0.3) is 0 Å². The van der Waals surface area contributed by atoms with Crippen LogP contribution in [0.2, 0.25) is 0 Å². The van der Waals surface area contributed by atoms with E-state index in [0.29, 0.717) is 10.8 Å². The molecule has 1 aromatic heterocycles. The van der Waals surface area contributed by atoms with Gasteiger partial charge < -0.3 is 5.73 Å². The van der Waals surface area contributed by atoms with E-state index < -0.39 is 10.0 Å². The number of thiophene rings is 1. The molecule has 18 heavy (non-hydrogen) atoms. The smallest absolute Gasteiger partial charge is 0.250 e. The Morgan fingerprint density at radius 3 is 2.50 bits per heavy atom. The molecule has 1 unspecified atom stereocenters. The van der Waals surface area contributed by atoms with Crippen molar-refractivity contribution in [2.75, 3.05) is 6.54 Å². The van der Waals surface area contributed by atoms with Crippen LogP contribution >= 0.6 is 11.3 Å². The summed E-state index contributed by atoms with van der Waals surface area (Å²) in [6.07, 6.45) is 0.717. The van der Waals surface area contributed by atoms with Crippen molar-refractivity contribution in [2.45, 2.75) is 44.4 Å². The van der Waals surface area contributed by atoms with Crippen molar-refractivity contribution < 1.29 is 8.42 Å². The fraction of sp³-hybridized carbons (Fsp3) is 0.667. The zero-order valence-electron chi connectivity index (χ0n) is 11.4. The average molecular weight is 290 g/mol. The molecule has 0 aliphatic heterocycles. The molecule has 1 aromatic rings. The first-order valence-corrected chi connectivity index (χ1v) is 8.28. The van der Waals surface area contributed by atoms with Gasteiger partial charge >= 0.3 is 0 Å². The Kier molecular flexibility index (Phi) is 4.94. The first kappa shape index (κ1) is 15.6. The van der Waals surface area contributed by atoms with Crippen molar-refractivity contribution in [1.82, 2.24) is 4.72 Å². The Hall–Kier alpha value is -0.430. The lowest BCUT2D eigenvalue weighted by Gasteiger charge is -2.27. The molecule has 0 spiro atoms. The van der Waals surface area contributed by atoms with Crippen LogP contribution in [0.1, 0.15) is 32.6 Å². The van der Waals surface area contributed by atoms with Gasteiger partial charge in [0.1, 0.15) is 4.21 Å². The van der Waals surface area contributed by atoms with Crippen LogP contribution in [0.4, 0.5) is 0 Å². The highest BCUT2D eigenvalue weighted by molar-refractivity contribution is 7.91. The van der Waals surface area contributed by atoms with E-state index in [-0.39, 0.29) is 11.5 Å². The molecule has 0 saturated carbocycles. The molecule has 4 nitrogen and oxygen atoms in total. The van der Waals surface area contributed by atoms with Crippen LogP contribution in [-0.2, 0) is 16.4 Å². The van der Waals surface area contributed by atoms with Crippen LogP contribution in [0.5, 0.6) is 0 Å². The molecule has 0 amide bonds. The van der Waals surface area contributed by atoms with Crippen LogP contribution in [0.15, 0.2) is 16.3 Å². The standard InChI is InChI=1S/C12H22N2O2S2/c1-9(12(2,3)4)14-18(15,16)11-6-5-10(17-11)7-8-13/h5-6,9,14H,7-8,13H2,1-4H3. The number of nitrogens with two attached hydrogens (primary N) is 1. The second-order valence-electron chi connectivity index (χ2n) is 5.47. The second-order valence-corrected chi connectivity index (χ2v) is 8.58. The van der Waals surface area contributed by atoms with E-state index in [0.717, 1.165) is 11.3 Å². The molecule has 0 aliphatic carbocycles. The molecule has 0 aliphatic rings. The van der Waals surface area contributed by atoms with Gasteiger partial charge in [-0.15, -0.1) is 11.3 Å². The fourth-order valence-electron chi connectivity index (χ4n) is 1.25. The topological polar surface area (TPSA) is 72.2 Å². The van der Waals surface area contributed by atoms with Gasteiger partial charge in [-0.05, 0) is 37.4 Å². The van der Waals surface area contributed by atoms with Crippen molar-refractivity contribution >= 4 is 21.4 Å². The van der Waals surface area contributed by atoms with Gasteiger partial charge in [0, 0.05) is 10.9 Å². The van der Waals surface area contributed by atoms with Gasteiger partial charge in [0.15, 0.2) is 0 Å². The summed E-state index contributed by atoms with van der Waals surface area (Å²) in [5.41, 5.74) is 5.35. The SMILES string of the molecule is CC(NS(=O)(=O)c1ccc(CCN)s1)C(C)(C)C. The molecular weight excluding hydrogens is 268 g/mol. The van der Waals surface area contributed by atoms with Crippen LogP contribution < -0.4 is 10.5 Å². The van der Waals surface area contributed by atoms with Gasteiger partial charge in [-0.1, -0.05) is 20.8 Å². The Morgan fingerprint density at radius 2 is 2.00 bits per heavy atom. The molecule has 0 bridgehead atoms. The summed E-state index contributed by atoms with van der Waals surface area (Å²) >= 11 is 1.29. The van der Waals surface area contributed by atoms with E-state index in [1.807, 2.05) is 33.8 Å². The molecule has 1 atom stereocenters. The molecule has 0 saturated heterocycles. The highest BCUT2D eigenvalue weighted by Gasteiger charge is 2.26. The Bertz CT molecular complexity index is 486. The first-order valence-electron chi connectivity index (χ1n) is 5.98. The van der Waals surface area contributed by atoms with Crippen LogP contribution in [0.3, 0.4) is 0 Å². The van der Waals surface area contributed by atoms with Crippen molar-refractivity contribution in [3.05, 3.63) is 17.0 Å². The summed E-state index contributed by atoms with van der Waals surface area (Å²) in [6.45, 7) is 8.44. The number of sulfonamides is 1. The number of hydrogen-bond donors (Lipinski definition) is 2. The predicted molar refractivity (Wildman–Crippen MR) is 76.3 cm³/mol. The monoisotopic (exact) mass is 290 g/mol. The van der Waals surface area contributed by atoms with Crippen molar-refractivity contribution in [1.29, 1.82) is 0 Å². The van der Waals surface area contributed by atoms with Crippen molar-refractivity contribution in [3.8, 4) is 0 Å². The molecule has 1 rings (SSSR count). The first-order chi connectivity index (χ1) is 8.16. The summed E-state index contributed by atoms with van der Waals surface area (Å²) in [5.74, 6) is 0. The maximum Gasteiger partial charge on any atom is 0.250 e. The Labute approximate surface area is 114 Å². The lowest BCUT2D eigenvalue weighted by molar-refractivity contribution is 0.318. The molecule has 104 valence electrons. The number of rotatable bonds is 5. The van der Waals surface area contributed by atoms with Crippen molar-refractivity contribution in [2.24, 2.45) is 11.1 Å². The highest BCUT2D eigenvalue weighted by atomic mass is 32.2. The minimum atomic E-state index is -3.41. The lowest BCUT2D eigenvalue weighted by Crippen LogP contribution is -2.41. The van der Waals surface area contributed by atoms with Gasteiger partial charge in [0.2, 0.25) is 10.0 Å². The van der Waals surface area contributed by atoms with E-state index in [1.54, 1.807) is 6.07 Å². The van der Waals surface area contributed by atoms with Gasteiger partial charge in [-0.25, -0.2) is 13.1 Å². The zero-order valence-corrected chi connectivity index (χ0v) is 13.0. The minimum absolute atomic E-state index is 0.107. The Balaban J connectivity index is 2.86. The van der Waals surface area contributed by atoms with Crippen molar-refractivity contribution in [3.63, 3.8) is 0 Å². The van der Waals surface area contributed by atoms with E-state index >= 15 is 0 Å². The van der Waals surface area contributed by atoms with Gasteiger partial charge in [-0.3, -0.25) is 0 Å². The summed E-state index contributed by atoms with van der Waals surface area (Å²) < 4.78 is 27.4. The molecule has 3 N–H and O–H groups in total. The van der Waals surface area contributed by atoms with Gasteiger partial charge in [-0.2, -0.15) is 0 Å². The third-order valence-electron chi connectivity index (χ3n) is 2.92. The molecule has 0 aromatic carbocycles. The summed E-state index contributed by atoms with van der Waals surface area (Å²) in [7, 11) is -3.41. The molecule has 0 radical (unpaired) electrons. The third kappa shape index (κ3) is 4.05. The van der Waals surface area contributed by atoms with E-state index in [1.165, 1.54) is 11.3 Å². The average Bonchev–Trinajstić information content (AvgIpc) is 2.65. The second kappa shape index (κ2) is 5.69. The van der Waals surface area contributed by atoms with Gasteiger partial charge in [0.05, 0.1) is 0 Å². The lowest BCUT2D eigenvalue weighted by atomic mass is 9.89. The highest BCUT2D eigenvalue weighted by Crippen LogP contribution is 2.25. The minimum Gasteiger partial charge on any atom is -0.330 e. The Morgan fingerprint density at radius 1 is 1.39 bits per heavy atom. The normalized spacial score (nSPS) is 14.7. The predicted octanol–water partition coefficient (Wildman–Crippen LogP) is 1.96. The number of hydrogen-bond acceptors (Lipinski definition) is 4. The van der Waals surface area contributed by atoms with Crippen LogP contribution in [0, 0.1) is 5.41 Å². The zero-order chi connectivity index (χ0) is 14.0. The summed E-state index contributed by atoms with van der Waals surface area (Å²) in [5, 5.41) is 0. The van der Waals surface area contributed by atoms with E-state index in [9.17, 15) is 8.42 Å². The molecule has 6 heteroatoms. The molecule has 0 fully saturated rings. The molecule has 1 heterocycles. The van der Waals surface area contributed by atoms with Crippen LogP contribution in [-0.4, -0.2) is 21.0 Å². The summed E-state index contributed by atoms with van der Waals surface area (Å²) in [6, 6.07) is 3.35. The van der Waals surface area contributed by atoms with Crippen LogP contribution in [0.25, 0.3) is 0 Å². The fourth-order valence-corrected chi connectivity index (χ4v) is 4.08. The number of nitrogens with one attached hydrogen (secondary N) is 1. The third-order valence-corrected chi connectivity index (χ3v) is 6.10. The quantitative estimate of drug-likeness (QED) is 0.870. The maximum absolute atomic E-state index is 12.2. The maximum atomic E-state index is 12.2. The van der Waals surface area contributed by atoms with E-state index in [4.69, 9.17) is 5.73 Å². The largest absolute Gasteiger partial charge is 0.330 e. The molecular formula is C12H22N2O2S2. The summed E-state index contributed by atoms with van der Waals surface area (Å²) in [4.78, 5) is 1.00.